The lowest BCUT2D eigenvalue weighted by Gasteiger charge is -2.16. The third-order valence-electron chi connectivity index (χ3n) is 1.82. The molecule has 0 saturated carbocycles. The second-order valence-electron chi connectivity index (χ2n) is 3.12. The second kappa shape index (κ2) is 5.64. The molecule has 0 bridgehead atoms. The number of anilines is 1. The van der Waals surface area contributed by atoms with Crippen LogP contribution in [0.5, 0.6) is 0 Å². The van der Waals surface area contributed by atoms with Gasteiger partial charge in [-0.2, -0.15) is 0 Å². The molecule has 0 aliphatic heterocycles. The highest BCUT2D eigenvalue weighted by atomic mass is 16.4. The van der Waals surface area contributed by atoms with E-state index < -0.39 is 12.0 Å². The summed E-state index contributed by atoms with van der Waals surface area (Å²) >= 11 is 0. The zero-order valence-corrected chi connectivity index (χ0v) is 8.75. The van der Waals surface area contributed by atoms with Crippen LogP contribution < -0.4 is 5.32 Å². The van der Waals surface area contributed by atoms with E-state index in [1.165, 1.54) is 30.7 Å². The first kappa shape index (κ1) is 11.9. The van der Waals surface area contributed by atoms with Crippen LogP contribution in [0.3, 0.4) is 0 Å². The smallest absolute Gasteiger partial charge is 0.321 e. The Labute approximate surface area is 92.1 Å². The van der Waals surface area contributed by atoms with E-state index in [2.05, 4.69) is 15.3 Å². The van der Waals surface area contributed by atoms with Crippen molar-refractivity contribution in [3.05, 3.63) is 18.7 Å². The molecule has 1 aromatic heterocycles. The summed E-state index contributed by atoms with van der Waals surface area (Å²) < 4.78 is 0. The monoisotopic (exact) mass is 224 g/mol. The molecule has 7 heteroatoms. The Balaban J connectivity index is 2.43. The molecule has 86 valence electrons. The molecule has 0 saturated heterocycles. The highest BCUT2D eigenvalue weighted by molar-refractivity contribution is 5.88. The molecule has 0 fully saturated rings. The summed E-state index contributed by atoms with van der Waals surface area (Å²) in [5.41, 5.74) is 0.467. The third-order valence-corrected chi connectivity index (χ3v) is 1.82. The minimum absolute atomic E-state index is 0.0881. The normalized spacial score (nSPS) is 9.56. The number of aliphatic carboxylic acids is 1. The van der Waals surface area contributed by atoms with E-state index in [1.807, 2.05) is 0 Å². The fraction of sp³-hybridized carbons (Fsp3) is 0.333. The van der Waals surface area contributed by atoms with E-state index in [4.69, 9.17) is 5.11 Å². The van der Waals surface area contributed by atoms with Crippen molar-refractivity contribution in [2.45, 2.75) is 6.42 Å². The molecule has 0 atom stereocenters. The quantitative estimate of drug-likeness (QED) is 0.772. The van der Waals surface area contributed by atoms with Crippen LogP contribution in [0.15, 0.2) is 18.7 Å². The van der Waals surface area contributed by atoms with Crippen LogP contribution in [0.1, 0.15) is 6.42 Å². The fourth-order valence-electron chi connectivity index (χ4n) is 0.947. The summed E-state index contributed by atoms with van der Waals surface area (Å²) in [6.45, 7) is 0.148. The lowest BCUT2D eigenvalue weighted by atomic mass is 10.4. The van der Waals surface area contributed by atoms with Crippen molar-refractivity contribution in [3.63, 3.8) is 0 Å². The van der Waals surface area contributed by atoms with E-state index in [0.29, 0.717) is 5.69 Å². The molecule has 1 heterocycles. The SMILES string of the molecule is CN(CCC(=O)O)C(=O)Nc1cncnc1. The molecule has 16 heavy (non-hydrogen) atoms. The maximum atomic E-state index is 11.5. The Bertz CT molecular complexity index is 368. The van der Waals surface area contributed by atoms with Crippen LogP contribution in [0.4, 0.5) is 10.5 Å². The first-order valence-electron chi connectivity index (χ1n) is 4.58. The average molecular weight is 224 g/mol. The first-order chi connectivity index (χ1) is 7.59. The number of aromatic nitrogens is 2. The zero-order chi connectivity index (χ0) is 12.0. The Kier molecular flexibility index (Phi) is 4.19. The Morgan fingerprint density at radius 1 is 1.44 bits per heavy atom. The largest absolute Gasteiger partial charge is 0.481 e. The number of carboxylic acid groups (broad SMARTS) is 1. The highest BCUT2D eigenvalue weighted by Gasteiger charge is 2.10. The highest BCUT2D eigenvalue weighted by Crippen LogP contribution is 2.02. The lowest BCUT2D eigenvalue weighted by molar-refractivity contribution is -0.137. The summed E-state index contributed by atoms with van der Waals surface area (Å²) in [4.78, 5) is 30.5. The van der Waals surface area contributed by atoms with Crippen LogP contribution in [0.2, 0.25) is 0 Å². The van der Waals surface area contributed by atoms with E-state index in [0.717, 1.165) is 0 Å². The third kappa shape index (κ3) is 3.91. The van der Waals surface area contributed by atoms with Gasteiger partial charge < -0.3 is 15.3 Å². The molecule has 0 aliphatic carbocycles. The molecule has 1 aromatic rings. The van der Waals surface area contributed by atoms with Gasteiger partial charge in [0.25, 0.3) is 0 Å². The van der Waals surface area contributed by atoms with Crippen molar-refractivity contribution in [2.24, 2.45) is 0 Å². The van der Waals surface area contributed by atoms with Crippen molar-refractivity contribution < 1.29 is 14.7 Å². The number of nitrogens with zero attached hydrogens (tertiary/aromatic N) is 3. The number of carbonyl (C=O) groups excluding carboxylic acids is 1. The molecule has 0 spiro atoms. The molecule has 0 aromatic carbocycles. The topological polar surface area (TPSA) is 95.4 Å². The molecule has 0 unspecified atom stereocenters. The number of carbonyl (C=O) groups is 2. The molecule has 2 N–H and O–H groups in total. The Morgan fingerprint density at radius 3 is 2.62 bits per heavy atom. The summed E-state index contributed by atoms with van der Waals surface area (Å²) in [6, 6.07) is -0.393. The second-order valence-corrected chi connectivity index (χ2v) is 3.12. The van der Waals surface area contributed by atoms with Gasteiger partial charge in [0.1, 0.15) is 6.33 Å². The van der Waals surface area contributed by atoms with Crippen LogP contribution in [0.25, 0.3) is 0 Å². The maximum Gasteiger partial charge on any atom is 0.321 e. The van der Waals surface area contributed by atoms with Crippen molar-refractivity contribution >= 4 is 17.7 Å². The molecule has 0 radical (unpaired) electrons. The maximum absolute atomic E-state index is 11.5. The minimum atomic E-state index is -0.942. The van der Waals surface area contributed by atoms with E-state index in [9.17, 15) is 9.59 Å². The number of carboxylic acids is 1. The van der Waals surface area contributed by atoms with Gasteiger partial charge in [0.05, 0.1) is 24.5 Å². The molecule has 2 amide bonds. The van der Waals surface area contributed by atoms with Crippen LogP contribution in [-0.2, 0) is 4.79 Å². The molecular weight excluding hydrogens is 212 g/mol. The summed E-state index contributed by atoms with van der Waals surface area (Å²) in [5, 5.41) is 11.0. The number of amides is 2. The Morgan fingerprint density at radius 2 is 2.06 bits per heavy atom. The van der Waals surface area contributed by atoms with Gasteiger partial charge in [-0.1, -0.05) is 0 Å². The van der Waals surface area contributed by atoms with Gasteiger partial charge in [-0.25, -0.2) is 14.8 Å². The molecular formula is C9H12N4O3. The summed E-state index contributed by atoms with van der Waals surface area (Å²) in [7, 11) is 1.52. The average Bonchev–Trinajstić information content (AvgIpc) is 2.27. The zero-order valence-electron chi connectivity index (χ0n) is 8.75. The van der Waals surface area contributed by atoms with Crippen molar-refractivity contribution in [2.75, 3.05) is 18.9 Å². The number of nitrogens with one attached hydrogen (secondary N) is 1. The van der Waals surface area contributed by atoms with Crippen LogP contribution in [0, 0.1) is 0 Å². The van der Waals surface area contributed by atoms with Gasteiger partial charge in [-0.15, -0.1) is 0 Å². The fourth-order valence-corrected chi connectivity index (χ4v) is 0.947. The number of urea groups is 1. The van der Waals surface area contributed by atoms with Gasteiger partial charge in [-0.3, -0.25) is 4.79 Å². The van der Waals surface area contributed by atoms with E-state index >= 15 is 0 Å². The lowest BCUT2D eigenvalue weighted by Crippen LogP contribution is -2.33. The van der Waals surface area contributed by atoms with Crippen molar-refractivity contribution in [1.82, 2.24) is 14.9 Å². The number of rotatable bonds is 4. The van der Waals surface area contributed by atoms with E-state index in [1.54, 1.807) is 0 Å². The van der Waals surface area contributed by atoms with Gasteiger partial charge in [0.2, 0.25) is 0 Å². The summed E-state index contributed by atoms with van der Waals surface area (Å²) in [5.74, 6) is -0.942. The van der Waals surface area contributed by atoms with Crippen molar-refractivity contribution in [3.8, 4) is 0 Å². The van der Waals surface area contributed by atoms with E-state index in [-0.39, 0.29) is 13.0 Å². The molecule has 0 aliphatic rings. The molecule has 7 nitrogen and oxygen atoms in total. The number of hydrogen-bond donors (Lipinski definition) is 2. The summed E-state index contributed by atoms with van der Waals surface area (Å²) in [6.07, 6.45) is 4.17. The predicted octanol–water partition coefficient (Wildman–Crippen LogP) is 0.415. The van der Waals surface area contributed by atoms with Gasteiger partial charge in [-0.05, 0) is 0 Å². The first-order valence-corrected chi connectivity index (χ1v) is 4.58. The standard InChI is InChI=1S/C9H12N4O3/c1-13(3-2-8(14)15)9(16)12-7-4-10-6-11-5-7/h4-6H,2-3H2,1H3,(H,12,16)(H,14,15). The predicted molar refractivity (Wildman–Crippen MR) is 55.9 cm³/mol. The van der Waals surface area contributed by atoms with Crippen molar-refractivity contribution in [1.29, 1.82) is 0 Å². The van der Waals surface area contributed by atoms with Gasteiger partial charge in [0.15, 0.2) is 0 Å². The molecule has 1 rings (SSSR count). The van der Waals surface area contributed by atoms with Gasteiger partial charge in [0, 0.05) is 13.6 Å². The van der Waals surface area contributed by atoms with Gasteiger partial charge >= 0.3 is 12.0 Å². The number of hydrogen-bond acceptors (Lipinski definition) is 4. The van der Waals surface area contributed by atoms with Crippen LogP contribution in [-0.4, -0.2) is 45.6 Å². The van der Waals surface area contributed by atoms with Crippen LogP contribution >= 0.6 is 0 Å². The minimum Gasteiger partial charge on any atom is -0.481 e. The Hall–Kier alpha value is -2.18.